The van der Waals surface area contributed by atoms with E-state index in [0.29, 0.717) is 22.8 Å². The summed E-state index contributed by atoms with van der Waals surface area (Å²) in [5, 5.41) is 11.8. The van der Waals surface area contributed by atoms with Crippen LogP contribution in [0.2, 0.25) is 5.02 Å². The van der Waals surface area contributed by atoms with Crippen molar-refractivity contribution in [3.63, 3.8) is 0 Å². The van der Waals surface area contributed by atoms with E-state index >= 15 is 0 Å². The summed E-state index contributed by atoms with van der Waals surface area (Å²) in [6, 6.07) is 3.91. The number of carboxylic acid groups (broad SMARTS) is 1. The van der Waals surface area contributed by atoms with Crippen LogP contribution in [0.1, 0.15) is 29.6 Å². The van der Waals surface area contributed by atoms with Gasteiger partial charge in [0.15, 0.2) is 0 Å². The zero-order valence-corrected chi connectivity index (χ0v) is 14.7. The third-order valence-corrected chi connectivity index (χ3v) is 4.78. The second kappa shape index (κ2) is 7.33. The lowest BCUT2D eigenvalue weighted by Crippen LogP contribution is -2.59. The highest BCUT2D eigenvalue weighted by molar-refractivity contribution is 6.31. The van der Waals surface area contributed by atoms with Crippen molar-refractivity contribution >= 4 is 41.0 Å². The Kier molecular flexibility index (Phi) is 5.13. The number of piperazine rings is 1. The first-order chi connectivity index (χ1) is 12.4. The number of carbonyl (C=O) groups excluding carboxylic acids is 3. The van der Waals surface area contributed by atoms with Crippen LogP contribution in [0.5, 0.6) is 0 Å². The lowest BCUT2D eigenvalue weighted by molar-refractivity contribution is -0.137. The molecule has 2 N–H and O–H groups in total. The number of hydrogen-bond acceptors (Lipinski definition) is 4. The molecule has 0 spiro atoms. The van der Waals surface area contributed by atoms with Crippen LogP contribution in [-0.2, 0) is 14.4 Å². The standard InChI is InChI=1S/C17H18ClN3O5/c18-10-4-5-11-12(8-10)19-16(25)13-9-20(6-7-21(13)17(11)26)14(22)2-1-3-15(23)24/h4-5,8,13H,1-3,6-7,9H2,(H,19,25)(H,23,24)/t13-/m1/s1. The number of hydrogen-bond donors (Lipinski definition) is 2. The van der Waals surface area contributed by atoms with E-state index in [2.05, 4.69) is 5.32 Å². The van der Waals surface area contributed by atoms with Crippen LogP contribution in [0.3, 0.4) is 0 Å². The summed E-state index contributed by atoms with van der Waals surface area (Å²) in [5.74, 6) is -1.82. The minimum absolute atomic E-state index is 0.0792. The first kappa shape index (κ1) is 18.2. The minimum atomic E-state index is -0.951. The van der Waals surface area contributed by atoms with E-state index in [9.17, 15) is 19.2 Å². The van der Waals surface area contributed by atoms with Crippen molar-refractivity contribution in [1.82, 2.24) is 9.80 Å². The molecule has 1 fully saturated rings. The number of carbonyl (C=O) groups is 4. The van der Waals surface area contributed by atoms with Crippen LogP contribution in [0.25, 0.3) is 0 Å². The number of nitrogens with one attached hydrogen (secondary N) is 1. The number of nitrogens with zero attached hydrogens (tertiary/aromatic N) is 2. The highest BCUT2D eigenvalue weighted by Crippen LogP contribution is 2.28. The summed E-state index contributed by atoms with van der Waals surface area (Å²) < 4.78 is 0. The number of rotatable bonds is 4. The van der Waals surface area contributed by atoms with Crippen LogP contribution >= 0.6 is 11.6 Å². The molecule has 0 radical (unpaired) electrons. The molecule has 2 aliphatic rings. The first-order valence-corrected chi connectivity index (χ1v) is 8.65. The molecule has 138 valence electrons. The van der Waals surface area contributed by atoms with Gasteiger partial charge in [0.05, 0.1) is 17.8 Å². The van der Waals surface area contributed by atoms with Crippen LogP contribution in [0.15, 0.2) is 18.2 Å². The van der Waals surface area contributed by atoms with Crippen molar-refractivity contribution in [2.45, 2.75) is 25.3 Å². The fourth-order valence-electron chi connectivity index (χ4n) is 3.20. The maximum atomic E-state index is 12.8. The van der Waals surface area contributed by atoms with Gasteiger partial charge in [-0.1, -0.05) is 11.6 Å². The molecule has 2 aliphatic heterocycles. The maximum absolute atomic E-state index is 12.8. The Hall–Kier alpha value is -2.61. The molecule has 3 rings (SSSR count). The Morgan fingerprint density at radius 3 is 2.73 bits per heavy atom. The van der Waals surface area contributed by atoms with Crippen LogP contribution in [0, 0.1) is 0 Å². The summed E-state index contributed by atoms with van der Waals surface area (Å²) >= 11 is 5.94. The van der Waals surface area contributed by atoms with Crippen LogP contribution in [0.4, 0.5) is 5.69 Å². The van der Waals surface area contributed by atoms with Crippen LogP contribution < -0.4 is 5.32 Å². The lowest BCUT2D eigenvalue weighted by atomic mass is 10.1. The molecule has 1 atom stereocenters. The number of halogens is 1. The average Bonchev–Trinajstić information content (AvgIpc) is 2.69. The van der Waals surface area contributed by atoms with Gasteiger partial charge >= 0.3 is 5.97 Å². The number of amides is 3. The monoisotopic (exact) mass is 379 g/mol. The van der Waals surface area contributed by atoms with E-state index in [4.69, 9.17) is 16.7 Å². The van der Waals surface area contributed by atoms with E-state index in [1.807, 2.05) is 0 Å². The van der Waals surface area contributed by atoms with Crippen molar-refractivity contribution in [2.75, 3.05) is 25.0 Å². The van der Waals surface area contributed by atoms with Gasteiger partial charge in [0, 0.05) is 31.0 Å². The minimum Gasteiger partial charge on any atom is -0.481 e. The number of carboxylic acids is 1. The Labute approximate surface area is 154 Å². The topological polar surface area (TPSA) is 107 Å². The normalized spacial score (nSPS) is 19.3. The summed E-state index contributed by atoms with van der Waals surface area (Å²) in [6.07, 6.45) is 0.267. The van der Waals surface area contributed by atoms with Gasteiger partial charge in [-0.25, -0.2) is 0 Å². The Bertz CT molecular complexity index is 782. The SMILES string of the molecule is O=C(O)CCCC(=O)N1CCN2C(=O)c3ccc(Cl)cc3NC(=O)[C@H]2C1. The molecule has 0 unspecified atom stereocenters. The Morgan fingerprint density at radius 1 is 1.23 bits per heavy atom. The molecule has 9 heteroatoms. The van der Waals surface area contributed by atoms with Gasteiger partial charge in [-0.3, -0.25) is 19.2 Å². The smallest absolute Gasteiger partial charge is 0.303 e. The molecule has 1 aromatic rings. The molecule has 0 bridgehead atoms. The zero-order chi connectivity index (χ0) is 18.8. The Morgan fingerprint density at radius 2 is 2.00 bits per heavy atom. The third-order valence-electron chi connectivity index (χ3n) is 4.55. The molecule has 0 saturated carbocycles. The van der Waals surface area contributed by atoms with Crippen molar-refractivity contribution in [3.8, 4) is 0 Å². The van der Waals surface area contributed by atoms with Gasteiger partial charge < -0.3 is 20.2 Å². The Balaban J connectivity index is 1.73. The van der Waals surface area contributed by atoms with Gasteiger partial charge in [0.25, 0.3) is 5.91 Å². The number of benzene rings is 1. The fourth-order valence-corrected chi connectivity index (χ4v) is 3.38. The molecule has 26 heavy (non-hydrogen) atoms. The number of anilines is 1. The maximum Gasteiger partial charge on any atom is 0.303 e. The predicted molar refractivity (Wildman–Crippen MR) is 93.0 cm³/mol. The molecule has 2 heterocycles. The van der Waals surface area contributed by atoms with Crippen LogP contribution in [-0.4, -0.2) is 64.3 Å². The van der Waals surface area contributed by atoms with E-state index < -0.39 is 12.0 Å². The molecule has 1 saturated heterocycles. The van der Waals surface area contributed by atoms with Crippen molar-refractivity contribution in [1.29, 1.82) is 0 Å². The van der Waals surface area contributed by atoms with Gasteiger partial charge in [-0.15, -0.1) is 0 Å². The summed E-state index contributed by atoms with van der Waals surface area (Å²) in [4.78, 5) is 51.2. The van der Waals surface area contributed by atoms with E-state index in [1.165, 1.54) is 15.9 Å². The van der Waals surface area contributed by atoms with E-state index in [0.717, 1.165) is 0 Å². The average molecular weight is 380 g/mol. The summed E-state index contributed by atoms with van der Waals surface area (Å²) in [6.45, 7) is 0.638. The van der Waals surface area contributed by atoms with Crippen molar-refractivity contribution in [3.05, 3.63) is 28.8 Å². The summed E-state index contributed by atoms with van der Waals surface area (Å²) in [5.41, 5.74) is 0.729. The first-order valence-electron chi connectivity index (χ1n) is 8.28. The molecule has 8 nitrogen and oxygen atoms in total. The highest BCUT2D eigenvalue weighted by Gasteiger charge is 2.40. The second-order valence-corrected chi connectivity index (χ2v) is 6.72. The quantitative estimate of drug-likeness (QED) is 0.817. The molecule has 3 amide bonds. The molecular formula is C17H18ClN3O5. The lowest BCUT2D eigenvalue weighted by Gasteiger charge is -2.39. The van der Waals surface area contributed by atoms with Gasteiger partial charge in [-0.2, -0.15) is 0 Å². The zero-order valence-electron chi connectivity index (χ0n) is 13.9. The molecule has 0 aliphatic carbocycles. The van der Waals surface area contributed by atoms with Gasteiger partial charge in [0.2, 0.25) is 11.8 Å². The van der Waals surface area contributed by atoms with E-state index in [-0.39, 0.29) is 50.1 Å². The van der Waals surface area contributed by atoms with Gasteiger partial charge in [-0.05, 0) is 24.6 Å². The van der Waals surface area contributed by atoms with Crippen molar-refractivity contribution in [2.24, 2.45) is 0 Å². The van der Waals surface area contributed by atoms with Gasteiger partial charge in [0.1, 0.15) is 6.04 Å². The number of aliphatic carboxylic acids is 1. The largest absolute Gasteiger partial charge is 0.481 e. The predicted octanol–water partition coefficient (Wildman–Crippen LogP) is 1.20. The summed E-state index contributed by atoms with van der Waals surface area (Å²) in [7, 11) is 0. The third kappa shape index (κ3) is 3.65. The fraction of sp³-hybridized carbons (Fsp3) is 0.412. The molecule has 1 aromatic carbocycles. The second-order valence-electron chi connectivity index (χ2n) is 6.28. The van der Waals surface area contributed by atoms with Crippen molar-refractivity contribution < 1.29 is 24.3 Å². The van der Waals surface area contributed by atoms with E-state index in [1.54, 1.807) is 12.1 Å². The molecule has 0 aromatic heterocycles. The highest BCUT2D eigenvalue weighted by atomic mass is 35.5. The number of fused-ring (bicyclic) bond motifs is 2. The molecular weight excluding hydrogens is 362 g/mol.